The molecule has 2 nitrogen and oxygen atoms in total. The summed E-state index contributed by atoms with van der Waals surface area (Å²) in [6.07, 6.45) is -1.70. The third-order valence-electron chi connectivity index (χ3n) is 1.53. The normalized spacial score (nSPS) is 12.0. The number of rotatable bonds is 4. The molecule has 14 heavy (non-hydrogen) atoms. The Labute approximate surface area is 84.2 Å². The molecule has 0 saturated heterocycles. The number of alkyl halides is 3. The van der Waals surface area contributed by atoms with Crippen molar-refractivity contribution in [1.82, 2.24) is 10.3 Å². The van der Waals surface area contributed by atoms with Crippen LogP contribution in [0.15, 0.2) is 6.20 Å². The number of nitrogens with zero attached hydrogens (tertiary/aromatic N) is 1. The first kappa shape index (κ1) is 11.5. The fourth-order valence-electron chi connectivity index (χ4n) is 0.921. The number of thiazole rings is 1. The van der Waals surface area contributed by atoms with Gasteiger partial charge in [0.25, 0.3) is 0 Å². The zero-order chi connectivity index (χ0) is 10.6. The van der Waals surface area contributed by atoms with E-state index in [-0.39, 0.29) is 6.54 Å². The van der Waals surface area contributed by atoms with Gasteiger partial charge in [0.15, 0.2) is 0 Å². The predicted octanol–water partition coefficient (Wildman–Crippen LogP) is 2.36. The first-order chi connectivity index (χ1) is 6.51. The summed E-state index contributed by atoms with van der Waals surface area (Å²) in [4.78, 5) is 4.89. The molecule has 1 heterocycles. The molecule has 0 radical (unpaired) electrons. The van der Waals surface area contributed by atoms with Crippen molar-refractivity contribution in [2.45, 2.75) is 26.1 Å². The van der Waals surface area contributed by atoms with Crippen LogP contribution in [0.3, 0.4) is 0 Å². The lowest BCUT2D eigenvalue weighted by Gasteiger charge is -2.06. The number of hydrogen-bond donors (Lipinski definition) is 1. The van der Waals surface area contributed by atoms with Gasteiger partial charge < -0.3 is 5.32 Å². The van der Waals surface area contributed by atoms with Gasteiger partial charge in [-0.05, 0) is 6.42 Å². The van der Waals surface area contributed by atoms with Gasteiger partial charge in [0, 0.05) is 17.6 Å². The molecule has 1 aromatic rings. The zero-order valence-electron chi connectivity index (χ0n) is 7.69. The molecule has 0 spiro atoms. The molecule has 0 aliphatic carbocycles. The largest absolute Gasteiger partial charge is 0.401 e. The van der Waals surface area contributed by atoms with Crippen molar-refractivity contribution >= 4 is 11.3 Å². The first-order valence-corrected chi connectivity index (χ1v) is 5.04. The smallest absolute Gasteiger partial charge is 0.304 e. The Morgan fingerprint density at radius 3 is 2.71 bits per heavy atom. The van der Waals surface area contributed by atoms with E-state index in [4.69, 9.17) is 0 Å². The summed E-state index contributed by atoms with van der Waals surface area (Å²) in [5.74, 6) is 0. The van der Waals surface area contributed by atoms with Crippen molar-refractivity contribution in [2.24, 2.45) is 0 Å². The summed E-state index contributed by atoms with van der Waals surface area (Å²) in [6.45, 7) is 1.25. The van der Waals surface area contributed by atoms with Crippen LogP contribution in [0.2, 0.25) is 0 Å². The van der Waals surface area contributed by atoms with Crippen LogP contribution in [0.4, 0.5) is 13.2 Å². The van der Waals surface area contributed by atoms with Crippen molar-refractivity contribution < 1.29 is 13.2 Å². The number of hydrogen-bond acceptors (Lipinski definition) is 3. The highest BCUT2D eigenvalue weighted by Gasteiger charge is 2.26. The summed E-state index contributed by atoms with van der Waals surface area (Å²) < 4.78 is 35.3. The van der Waals surface area contributed by atoms with E-state index in [0.717, 1.165) is 16.3 Å². The van der Waals surface area contributed by atoms with Crippen molar-refractivity contribution in [3.8, 4) is 0 Å². The van der Waals surface area contributed by atoms with E-state index in [1.807, 2.05) is 6.92 Å². The van der Waals surface area contributed by atoms with Gasteiger partial charge in [-0.25, -0.2) is 4.98 Å². The van der Waals surface area contributed by atoms with Crippen LogP contribution in [-0.4, -0.2) is 17.7 Å². The summed E-state index contributed by atoms with van der Waals surface area (Å²) in [6, 6.07) is 0. The van der Waals surface area contributed by atoms with Gasteiger partial charge in [0.2, 0.25) is 0 Å². The molecule has 0 fully saturated rings. The van der Waals surface area contributed by atoms with Gasteiger partial charge in [-0.3, -0.25) is 0 Å². The molecule has 0 saturated carbocycles. The lowest BCUT2D eigenvalue weighted by molar-refractivity contribution is -0.125. The van der Waals surface area contributed by atoms with Crippen molar-refractivity contribution in [3.05, 3.63) is 16.1 Å². The number of halogens is 3. The Morgan fingerprint density at radius 2 is 2.21 bits per heavy atom. The second kappa shape index (κ2) is 4.75. The second-order valence-corrected chi connectivity index (χ2v) is 3.99. The number of nitrogens with one attached hydrogen (secondary N) is 1. The maximum Gasteiger partial charge on any atom is 0.401 e. The van der Waals surface area contributed by atoms with E-state index in [2.05, 4.69) is 10.3 Å². The molecule has 1 rings (SSSR count). The molecule has 0 bridgehead atoms. The van der Waals surface area contributed by atoms with Crippen LogP contribution in [0.1, 0.15) is 16.8 Å². The third-order valence-corrected chi connectivity index (χ3v) is 2.67. The summed E-state index contributed by atoms with van der Waals surface area (Å²) in [7, 11) is 0. The topological polar surface area (TPSA) is 24.9 Å². The molecule has 0 aromatic carbocycles. The Balaban J connectivity index is 2.31. The minimum Gasteiger partial charge on any atom is -0.304 e. The highest BCUT2D eigenvalue weighted by atomic mass is 32.1. The molecule has 0 atom stereocenters. The first-order valence-electron chi connectivity index (χ1n) is 4.22. The zero-order valence-corrected chi connectivity index (χ0v) is 8.50. The van der Waals surface area contributed by atoms with E-state index < -0.39 is 12.7 Å². The number of aryl methyl sites for hydroxylation is 1. The maximum absolute atomic E-state index is 11.8. The molecular weight excluding hydrogens is 213 g/mol. The molecule has 0 aliphatic rings. The molecule has 0 amide bonds. The maximum atomic E-state index is 11.8. The molecule has 80 valence electrons. The van der Waals surface area contributed by atoms with Crippen LogP contribution in [-0.2, 0) is 13.0 Å². The van der Waals surface area contributed by atoms with E-state index in [0.29, 0.717) is 0 Å². The van der Waals surface area contributed by atoms with E-state index >= 15 is 0 Å². The molecule has 6 heteroatoms. The van der Waals surface area contributed by atoms with Gasteiger partial charge in [-0.2, -0.15) is 13.2 Å². The molecule has 1 N–H and O–H groups in total. The quantitative estimate of drug-likeness (QED) is 0.849. The lowest BCUT2D eigenvalue weighted by Crippen LogP contribution is -2.27. The van der Waals surface area contributed by atoms with Gasteiger partial charge in [-0.15, -0.1) is 11.3 Å². The average Bonchev–Trinajstić information content (AvgIpc) is 2.50. The monoisotopic (exact) mass is 224 g/mol. The lowest BCUT2D eigenvalue weighted by atomic mass is 10.5. The van der Waals surface area contributed by atoms with Gasteiger partial charge >= 0.3 is 6.18 Å². The van der Waals surface area contributed by atoms with Crippen LogP contribution >= 0.6 is 11.3 Å². The fourth-order valence-corrected chi connectivity index (χ4v) is 1.75. The third kappa shape index (κ3) is 4.06. The molecular formula is C8H11F3N2S. The second-order valence-electron chi connectivity index (χ2n) is 2.79. The number of aromatic nitrogens is 1. The fraction of sp³-hybridized carbons (Fsp3) is 0.625. The minimum atomic E-state index is -4.14. The molecule has 1 aromatic heterocycles. The van der Waals surface area contributed by atoms with E-state index in [1.165, 1.54) is 11.3 Å². The standard InChI is InChI=1S/C8H11F3N2S/c1-2-7-13-4-6(14-7)3-12-5-8(9,10)11/h4,12H,2-3,5H2,1H3. The highest BCUT2D eigenvalue weighted by Crippen LogP contribution is 2.15. The van der Waals surface area contributed by atoms with Crippen LogP contribution in [0.5, 0.6) is 0 Å². The molecule has 0 unspecified atom stereocenters. The van der Waals surface area contributed by atoms with Crippen LogP contribution in [0.25, 0.3) is 0 Å². The van der Waals surface area contributed by atoms with Gasteiger partial charge in [-0.1, -0.05) is 6.92 Å². The van der Waals surface area contributed by atoms with Crippen LogP contribution < -0.4 is 5.32 Å². The van der Waals surface area contributed by atoms with Crippen molar-refractivity contribution in [3.63, 3.8) is 0 Å². The summed E-state index contributed by atoms with van der Waals surface area (Å²) >= 11 is 1.44. The van der Waals surface area contributed by atoms with Gasteiger partial charge in [0.1, 0.15) is 0 Å². The van der Waals surface area contributed by atoms with Crippen molar-refractivity contribution in [2.75, 3.05) is 6.54 Å². The Hall–Kier alpha value is -0.620. The highest BCUT2D eigenvalue weighted by molar-refractivity contribution is 7.11. The Kier molecular flexibility index (Phi) is 3.88. The van der Waals surface area contributed by atoms with Gasteiger partial charge in [0.05, 0.1) is 11.6 Å². The van der Waals surface area contributed by atoms with Crippen molar-refractivity contribution in [1.29, 1.82) is 0 Å². The average molecular weight is 224 g/mol. The van der Waals surface area contributed by atoms with E-state index in [1.54, 1.807) is 6.20 Å². The predicted molar refractivity (Wildman–Crippen MR) is 49.3 cm³/mol. The summed E-state index contributed by atoms with van der Waals surface area (Å²) in [5.41, 5.74) is 0. The van der Waals surface area contributed by atoms with E-state index in [9.17, 15) is 13.2 Å². The minimum absolute atomic E-state index is 0.233. The molecule has 0 aliphatic heterocycles. The Bertz CT molecular complexity index is 282. The summed E-state index contributed by atoms with van der Waals surface area (Å²) in [5, 5.41) is 3.28. The Morgan fingerprint density at radius 1 is 1.50 bits per heavy atom. The van der Waals surface area contributed by atoms with Crippen LogP contribution in [0, 0.1) is 0 Å². The SMILES string of the molecule is CCc1ncc(CNCC(F)(F)F)s1.